The fourth-order valence-corrected chi connectivity index (χ4v) is 3.87. The van der Waals surface area contributed by atoms with E-state index >= 15 is 0 Å². The van der Waals surface area contributed by atoms with Crippen LogP contribution in [0.3, 0.4) is 0 Å². The number of hydrogen-bond donors (Lipinski definition) is 1. The predicted molar refractivity (Wildman–Crippen MR) is 85.9 cm³/mol. The SMILES string of the molecule is Cc1ccc(S(=O)(=O)Nc2ccc(Br)c(C(F)(F)F)c2)c(C)c1. The van der Waals surface area contributed by atoms with E-state index < -0.39 is 21.8 Å². The van der Waals surface area contributed by atoms with Crippen molar-refractivity contribution in [2.75, 3.05) is 4.72 Å². The third-order valence-corrected chi connectivity index (χ3v) is 5.38. The summed E-state index contributed by atoms with van der Waals surface area (Å²) in [5.74, 6) is 0. The Morgan fingerprint density at radius 3 is 2.26 bits per heavy atom. The summed E-state index contributed by atoms with van der Waals surface area (Å²) in [5, 5.41) is 0. The lowest BCUT2D eigenvalue weighted by Crippen LogP contribution is -2.15. The van der Waals surface area contributed by atoms with Gasteiger partial charge in [-0.15, -0.1) is 0 Å². The van der Waals surface area contributed by atoms with E-state index in [9.17, 15) is 21.6 Å². The van der Waals surface area contributed by atoms with Gasteiger partial charge in [0.25, 0.3) is 10.0 Å². The van der Waals surface area contributed by atoms with Gasteiger partial charge in [0, 0.05) is 10.2 Å². The van der Waals surface area contributed by atoms with Gasteiger partial charge in [0.15, 0.2) is 0 Å². The van der Waals surface area contributed by atoms with Crippen molar-refractivity contribution < 1.29 is 21.6 Å². The molecule has 2 rings (SSSR count). The first-order valence-electron chi connectivity index (χ1n) is 6.47. The third-order valence-electron chi connectivity index (χ3n) is 3.14. The molecule has 1 N–H and O–H groups in total. The molecule has 8 heteroatoms. The Hall–Kier alpha value is -1.54. The van der Waals surface area contributed by atoms with Gasteiger partial charge in [-0.3, -0.25) is 4.72 Å². The Bertz CT molecular complexity index is 848. The zero-order valence-corrected chi connectivity index (χ0v) is 14.6. The number of aryl methyl sites for hydroxylation is 2. The van der Waals surface area contributed by atoms with Crippen LogP contribution in [-0.4, -0.2) is 8.42 Å². The molecule has 0 unspecified atom stereocenters. The number of benzene rings is 2. The van der Waals surface area contributed by atoms with Crippen molar-refractivity contribution in [3.05, 3.63) is 57.6 Å². The molecule has 0 atom stereocenters. The number of halogens is 4. The van der Waals surface area contributed by atoms with Gasteiger partial charge in [-0.25, -0.2) is 8.42 Å². The van der Waals surface area contributed by atoms with Crippen molar-refractivity contribution in [1.29, 1.82) is 0 Å². The molecule has 0 bridgehead atoms. The topological polar surface area (TPSA) is 46.2 Å². The molecule has 0 aromatic heterocycles. The van der Waals surface area contributed by atoms with E-state index in [-0.39, 0.29) is 15.1 Å². The molecular formula is C15H13BrF3NO2S. The largest absolute Gasteiger partial charge is 0.417 e. The lowest BCUT2D eigenvalue weighted by Gasteiger charge is -2.14. The monoisotopic (exact) mass is 407 g/mol. The molecule has 23 heavy (non-hydrogen) atoms. The van der Waals surface area contributed by atoms with Crippen LogP contribution in [0.25, 0.3) is 0 Å². The molecule has 124 valence electrons. The first-order valence-corrected chi connectivity index (χ1v) is 8.75. The number of rotatable bonds is 3. The molecule has 3 nitrogen and oxygen atoms in total. The first-order chi connectivity index (χ1) is 10.5. The second-order valence-corrected chi connectivity index (χ2v) is 7.57. The van der Waals surface area contributed by atoms with Crippen LogP contribution < -0.4 is 4.72 Å². The van der Waals surface area contributed by atoms with E-state index in [2.05, 4.69) is 20.7 Å². The summed E-state index contributed by atoms with van der Waals surface area (Å²) < 4.78 is 65.4. The molecule has 0 amide bonds. The molecule has 0 saturated carbocycles. The summed E-state index contributed by atoms with van der Waals surface area (Å²) in [4.78, 5) is 0.0274. The van der Waals surface area contributed by atoms with E-state index in [1.54, 1.807) is 19.1 Å². The Balaban J connectivity index is 2.42. The van der Waals surface area contributed by atoms with Crippen molar-refractivity contribution >= 4 is 31.6 Å². The van der Waals surface area contributed by atoms with Crippen LogP contribution in [0.2, 0.25) is 0 Å². The Morgan fingerprint density at radius 1 is 1.04 bits per heavy atom. The zero-order valence-electron chi connectivity index (χ0n) is 12.2. The van der Waals surface area contributed by atoms with Crippen molar-refractivity contribution in [1.82, 2.24) is 0 Å². The highest BCUT2D eigenvalue weighted by Crippen LogP contribution is 2.36. The Labute approximate surface area is 140 Å². The Morgan fingerprint density at radius 2 is 1.70 bits per heavy atom. The minimum absolute atomic E-state index is 0.0274. The van der Waals surface area contributed by atoms with Crippen LogP contribution >= 0.6 is 15.9 Å². The lowest BCUT2D eigenvalue weighted by atomic mass is 10.2. The molecule has 2 aromatic rings. The first kappa shape index (κ1) is 17.8. The minimum atomic E-state index is -4.58. The van der Waals surface area contributed by atoms with Crippen LogP contribution in [0.5, 0.6) is 0 Å². The second-order valence-electron chi connectivity index (χ2n) is 5.07. The summed E-state index contributed by atoms with van der Waals surface area (Å²) >= 11 is 2.81. The third kappa shape index (κ3) is 4.06. The van der Waals surface area contributed by atoms with Crippen LogP contribution in [-0.2, 0) is 16.2 Å². The molecule has 2 aromatic carbocycles. The standard InChI is InChI=1S/C15H13BrF3NO2S/c1-9-3-6-14(10(2)7-9)23(21,22)20-11-4-5-13(16)12(8-11)15(17,18)19/h3-8,20H,1-2H3. The number of alkyl halides is 3. The van der Waals surface area contributed by atoms with Crippen molar-refractivity contribution in [3.63, 3.8) is 0 Å². The molecule has 0 aliphatic carbocycles. The van der Waals surface area contributed by atoms with Gasteiger partial charge in [-0.1, -0.05) is 33.6 Å². The highest BCUT2D eigenvalue weighted by molar-refractivity contribution is 9.10. The highest BCUT2D eigenvalue weighted by Gasteiger charge is 2.33. The van der Waals surface area contributed by atoms with E-state index in [0.29, 0.717) is 5.56 Å². The maximum Gasteiger partial charge on any atom is 0.417 e. The number of hydrogen-bond acceptors (Lipinski definition) is 2. The average molecular weight is 408 g/mol. The minimum Gasteiger partial charge on any atom is -0.280 e. The summed E-state index contributed by atoms with van der Waals surface area (Å²) in [5.41, 5.74) is 0.314. The van der Waals surface area contributed by atoms with Gasteiger partial charge in [0.1, 0.15) is 0 Å². The highest BCUT2D eigenvalue weighted by atomic mass is 79.9. The van der Waals surface area contributed by atoms with E-state index in [1.807, 2.05) is 6.92 Å². The molecule has 0 aliphatic heterocycles. The maximum atomic E-state index is 12.9. The Kier molecular flexibility index (Phi) is 4.77. The number of nitrogens with one attached hydrogen (secondary N) is 1. The zero-order chi connectivity index (χ0) is 17.4. The van der Waals surface area contributed by atoms with Crippen molar-refractivity contribution in [2.24, 2.45) is 0 Å². The molecule has 0 saturated heterocycles. The normalized spacial score (nSPS) is 12.3. The number of sulfonamides is 1. The fraction of sp³-hybridized carbons (Fsp3) is 0.200. The molecular weight excluding hydrogens is 395 g/mol. The van der Waals surface area contributed by atoms with E-state index in [0.717, 1.165) is 17.7 Å². The summed E-state index contributed by atoms with van der Waals surface area (Å²) in [7, 11) is -3.97. The van der Waals surface area contributed by atoms with E-state index in [4.69, 9.17) is 0 Å². The predicted octanol–water partition coefficient (Wildman–Crippen LogP) is 4.89. The smallest absolute Gasteiger partial charge is 0.280 e. The van der Waals surface area contributed by atoms with Crippen molar-refractivity contribution in [2.45, 2.75) is 24.9 Å². The number of anilines is 1. The van der Waals surface area contributed by atoms with Crippen LogP contribution in [0, 0.1) is 13.8 Å². The molecule has 0 fully saturated rings. The molecule has 0 heterocycles. The van der Waals surface area contributed by atoms with Crippen LogP contribution in [0.15, 0.2) is 45.8 Å². The van der Waals surface area contributed by atoms with Gasteiger partial charge in [0.2, 0.25) is 0 Å². The maximum absolute atomic E-state index is 12.9. The summed E-state index contributed by atoms with van der Waals surface area (Å²) in [6, 6.07) is 7.92. The van der Waals surface area contributed by atoms with Gasteiger partial charge < -0.3 is 0 Å². The lowest BCUT2D eigenvalue weighted by molar-refractivity contribution is -0.138. The quantitative estimate of drug-likeness (QED) is 0.787. The van der Waals surface area contributed by atoms with Crippen LogP contribution in [0.4, 0.5) is 18.9 Å². The van der Waals surface area contributed by atoms with Gasteiger partial charge >= 0.3 is 6.18 Å². The average Bonchev–Trinajstić information content (AvgIpc) is 2.39. The van der Waals surface area contributed by atoms with Gasteiger partial charge in [-0.05, 0) is 43.7 Å². The molecule has 0 spiro atoms. The summed E-state index contributed by atoms with van der Waals surface area (Å²) in [6.07, 6.45) is -4.58. The summed E-state index contributed by atoms with van der Waals surface area (Å²) in [6.45, 7) is 3.45. The second kappa shape index (κ2) is 6.16. The fourth-order valence-electron chi connectivity index (χ4n) is 2.12. The van der Waals surface area contributed by atoms with Crippen LogP contribution in [0.1, 0.15) is 16.7 Å². The van der Waals surface area contributed by atoms with Gasteiger partial charge in [-0.2, -0.15) is 13.2 Å². The van der Waals surface area contributed by atoms with Gasteiger partial charge in [0.05, 0.1) is 10.5 Å². The molecule has 0 aliphatic rings. The van der Waals surface area contributed by atoms with E-state index in [1.165, 1.54) is 12.1 Å². The molecule has 0 radical (unpaired) electrons. The van der Waals surface area contributed by atoms with Crippen molar-refractivity contribution in [3.8, 4) is 0 Å².